The smallest absolute Gasteiger partial charge is 0.251 e. The Balaban J connectivity index is 1.80. The van der Waals surface area contributed by atoms with Crippen LogP contribution in [0.25, 0.3) is 0 Å². The van der Waals surface area contributed by atoms with Gasteiger partial charge in [0.15, 0.2) is 17.2 Å². The van der Waals surface area contributed by atoms with Crippen molar-refractivity contribution < 1.29 is 27.9 Å². The summed E-state index contributed by atoms with van der Waals surface area (Å²) in [5, 5.41) is 13.6. The first-order chi connectivity index (χ1) is 12.0. The van der Waals surface area contributed by atoms with Gasteiger partial charge in [-0.25, -0.2) is 4.39 Å². The van der Waals surface area contributed by atoms with Crippen LogP contribution in [0.5, 0.6) is 5.75 Å². The Bertz CT molecular complexity index is 808. The maximum Gasteiger partial charge on any atom is 0.251 e. The summed E-state index contributed by atoms with van der Waals surface area (Å²) in [6, 6.07) is 8.65. The number of aliphatic hydroxyl groups is 1. The largest absolute Gasteiger partial charge is 0.494 e. The van der Waals surface area contributed by atoms with Crippen LogP contribution in [0.1, 0.15) is 21.7 Å². The van der Waals surface area contributed by atoms with Crippen molar-refractivity contribution in [3.63, 3.8) is 0 Å². The first-order valence-corrected chi connectivity index (χ1v) is 7.45. The van der Waals surface area contributed by atoms with E-state index in [1.165, 1.54) is 38.0 Å². The normalized spacial score (nSPS) is 13.2. The van der Waals surface area contributed by atoms with Crippen LogP contribution in [-0.2, 0) is 5.60 Å². The van der Waals surface area contributed by atoms with E-state index < -0.39 is 17.3 Å². The maximum absolute atomic E-state index is 13.7. The van der Waals surface area contributed by atoms with Gasteiger partial charge in [0.05, 0.1) is 32.4 Å². The molecule has 6 nitrogen and oxygen atoms in total. The summed E-state index contributed by atoms with van der Waals surface area (Å²) in [6.45, 7) is -0.188. The van der Waals surface area contributed by atoms with Crippen LogP contribution >= 0.6 is 0 Å². The number of methoxy groups -OCH3 is 1. The van der Waals surface area contributed by atoms with E-state index in [1.54, 1.807) is 18.2 Å². The van der Waals surface area contributed by atoms with Crippen LogP contribution in [-0.4, -0.2) is 24.7 Å². The second-order valence-electron chi connectivity index (χ2n) is 5.38. The standard InChI is InChI=1S/C18H16FNO5/c1-23-15-5-4-12(9-14(15)19)17(21)20-11-18(22,13-6-8-24-10-13)16-3-2-7-25-16/h2-10,22H,11H2,1H3,(H,20,21). The van der Waals surface area contributed by atoms with Crippen molar-refractivity contribution in [2.24, 2.45) is 0 Å². The highest BCUT2D eigenvalue weighted by molar-refractivity contribution is 5.94. The number of amides is 1. The molecule has 25 heavy (non-hydrogen) atoms. The average molecular weight is 345 g/mol. The lowest BCUT2D eigenvalue weighted by Crippen LogP contribution is -2.41. The average Bonchev–Trinajstić information content (AvgIpc) is 3.33. The van der Waals surface area contributed by atoms with E-state index in [2.05, 4.69) is 5.32 Å². The van der Waals surface area contributed by atoms with E-state index in [0.29, 0.717) is 5.56 Å². The summed E-state index contributed by atoms with van der Waals surface area (Å²) in [5.41, 5.74) is -1.09. The molecule has 0 saturated carbocycles. The third kappa shape index (κ3) is 3.27. The molecule has 130 valence electrons. The van der Waals surface area contributed by atoms with Gasteiger partial charge in [0, 0.05) is 11.1 Å². The molecule has 1 amide bonds. The number of nitrogens with one attached hydrogen (secondary N) is 1. The van der Waals surface area contributed by atoms with Crippen molar-refractivity contribution in [2.75, 3.05) is 13.7 Å². The molecule has 2 heterocycles. The fraction of sp³-hybridized carbons (Fsp3) is 0.167. The van der Waals surface area contributed by atoms with E-state index in [4.69, 9.17) is 13.6 Å². The Kier molecular flexibility index (Phi) is 4.58. The van der Waals surface area contributed by atoms with Gasteiger partial charge in [-0.05, 0) is 36.4 Å². The summed E-state index contributed by atoms with van der Waals surface area (Å²) in [4.78, 5) is 12.3. The zero-order chi connectivity index (χ0) is 17.9. The molecule has 1 aromatic carbocycles. The van der Waals surface area contributed by atoms with E-state index >= 15 is 0 Å². The van der Waals surface area contributed by atoms with Gasteiger partial charge in [-0.3, -0.25) is 4.79 Å². The molecule has 1 unspecified atom stereocenters. The fourth-order valence-corrected chi connectivity index (χ4v) is 2.46. The minimum Gasteiger partial charge on any atom is -0.494 e. The van der Waals surface area contributed by atoms with Crippen LogP contribution in [0.3, 0.4) is 0 Å². The van der Waals surface area contributed by atoms with Crippen LogP contribution in [0.2, 0.25) is 0 Å². The molecular formula is C18H16FNO5. The zero-order valence-corrected chi connectivity index (χ0v) is 13.4. The Labute approximate surface area is 142 Å². The lowest BCUT2D eigenvalue weighted by Gasteiger charge is -2.25. The number of hydrogen-bond acceptors (Lipinski definition) is 5. The second-order valence-corrected chi connectivity index (χ2v) is 5.38. The van der Waals surface area contributed by atoms with Crippen molar-refractivity contribution in [1.29, 1.82) is 0 Å². The molecule has 0 radical (unpaired) electrons. The van der Waals surface area contributed by atoms with Crippen molar-refractivity contribution in [1.82, 2.24) is 5.32 Å². The molecule has 0 aliphatic carbocycles. The SMILES string of the molecule is COc1ccc(C(=O)NCC(O)(c2ccoc2)c2ccco2)cc1F. The molecule has 0 spiro atoms. The Morgan fingerprint density at radius 3 is 2.76 bits per heavy atom. The number of furan rings is 2. The van der Waals surface area contributed by atoms with Gasteiger partial charge in [-0.2, -0.15) is 0 Å². The van der Waals surface area contributed by atoms with Crippen molar-refractivity contribution in [2.45, 2.75) is 5.60 Å². The number of halogens is 1. The number of ether oxygens (including phenoxy) is 1. The van der Waals surface area contributed by atoms with Gasteiger partial charge in [-0.1, -0.05) is 0 Å². The van der Waals surface area contributed by atoms with Crippen molar-refractivity contribution in [3.05, 3.63) is 77.9 Å². The van der Waals surface area contributed by atoms with E-state index in [9.17, 15) is 14.3 Å². The van der Waals surface area contributed by atoms with Crippen molar-refractivity contribution >= 4 is 5.91 Å². The Morgan fingerprint density at radius 2 is 2.16 bits per heavy atom. The molecule has 0 bridgehead atoms. The van der Waals surface area contributed by atoms with Crippen LogP contribution in [0, 0.1) is 5.82 Å². The van der Waals surface area contributed by atoms with Gasteiger partial charge in [0.2, 0.25) is 0 Å². The predicted octanol–water partition coefficient (Wildman–Crippen LogP) is 2.69. The van der Waals surface area contributed by atoms with Crippen LogP contribution in [0.4, 0.5) is 4.39 Å². The molecule has 3 rings (SSSR count). The summed E-state index contributed by atoms with van der Waals surface area (Å²) in [7, 11) is 1.34. The third-order valence-electron chi connectivity index (χ3n) is 3.85. The summed E-state index contributed by atoms with van der Waals surface area (Å²) in [5.74, 6) is -0.904. The van der Waals surface area contributed by atoms with Gasteiger partial charge < -0.3 is 24.0 Å². The van der Waals surface area contributed by atoms with E-state index in [-0.39, 0.29) is 23.6 Å². The predicted molar refractivity (Wildman–Crippen MR) is 85.7 cm³/mol. The fourth-order valence-electron chi connectivity index (χ4n) is 2.46. The Hall–Kier alpha value is -3.06. The topological polar surface area (TPSA) is 84.8 Å². The molecule has 0 aliphatic heterocycles. The number of benzene rings is 1. The molecule has 2 N–H and O–H groups in total. The van der Waals surface area contributed by atoms with Gasteiger partial charge >= 0.3 is 0 Å². The van der Waals surface area contributed by atoms with Crippen molar-refractivity contribution in [3.8, 4) is 5.75 Å². The Morgan fingerprint density at radius 1 is 1.32 bits per heavy atom. The first kappa shape index (κ1) is 16.8. The lowest BCUT2D eigenvalue weighted by atomic mass is 9.93. The van der Waals surface area contributed by atoms with Gasteiger partial charge in [0.25, 0.3) is 5.91 Å². The number of rotatable bonds is 6. The molecular weight excluding hydrogens is 329 g/mol. The van der Waals surface area contributed by atoms with E-state index in [1.807, 2.05) is 0 Å². The summed E-state index contributed by atoms with van der Waals surface area (Å²) < 4.78 is 28.9. The number of hydrogen-bond donors (Lipinski definition) is 2. The molecule has 0 aliphatic rings. The highest BCUT2D eigenvalue weighted by Gasteiger charge is 2.36. The third-order valence-corrected chi connectivity index (χ3v) is 3.85. The van der Waals surface area contributed by atoms with E-state index in [0.717, 1.165) is 6.07 Å². The number of carbonyl (C=O) groups is 1. The number of carbonyl (C=O) groups excluding carboxylic acids is 1. The molecule has 3 aromatic rings. The van der Waals surface area contributed by atoms with Gasteiger partial charge in [-0.15, -0.1) is 0 Å². The minimum atomic E-state index is -1.61. The summed E-state index contributed by atoms with van der Waals surface area (Å²) >= 11 is 0. The quantitative estimate of drug-likeness (QED) is 0.717. The molecule has 7 heteroatoms. The van der Waals surface area contributed by atoms with Crippen LogP contribution < -0.4 is 10.1 Å². The summed E-state index contributed by atoms with van der Waals surface area (Å²) in [6.07, 6.45) is 4.19. The lowest BCUT2D eigenvalue weighted by molar-refractivity contribution is 0.0520. The highest BCUT2D eigenvalue weighted by Crippen LogP contribution is 2.30. The maximum atomic E-state index is 13.7. The molecule has 2 aromatic heterocycles. The van der Waals surface area contributed by atoms with Gasteiger partial charge in [0.1, 0.15) is 5.76 Å². The monoisotopic (exact) mass is 345 g/mol. The second kappa shape index (κ2) is 6.82. The first-order valence-electron chi connectivity index (χ1n) is 7.45. The molecule has 0 saturated heterocycles. The zero-order valence-electron chi connectivity index (χ0n) is 13.4. The molecule has 1 atom stereocenters. The minimum absolute atomic E-state index is 0.0436. The highest BCUT2D eigenvalue weighted by atomic mass is 19.1. The molecule has 0 fully saturated rings. The van der Waals surface area contributed by atoms with Crippen LogP contribution in [0.15, 0.2) is 64.0 Å².